The van der Waals surface area contributed by atoms with E-state index in [4.69, 9.17) is 9.47 Å². The SMILES string of the molecule is CC(C)[C@H](NC(=O)CN1CCCC[C@H]1C)c1ccc2c(c1)OCCCO2. The van der Waals surface area contributed by atoms with Gasteiger partial charge in [-0.05, 0) is 49.9 Å². The molecule has 2 atom stereocenters. The maximum atomic E-state index is 12.7. The molecule has 1 fully saturated rings. The van der Waals surface area contributed by atoms with Gasteiger partial charge in [0.15, 0.2) is 11.5 Å². The van der Waals surface area contributed by atoms with Crippen LogP contribution in [0.4, 0.5) is 0 Å². The number of carbonyl (C=O) groups excluding carboxylic acids is 1. The van der Waals surface area contributed by atoms with Crippen LogP contribution in [0.15, 0.2) is 18.2 Å². The lowest BCUT2D eigenvalue weighted by molar-refractivity contribution is -0.124. The highest BCUT2D eigenvalue weighted by Crippen LogP contribution is 2.34. The smallest absolute Gasteiger partial charge is 0.234 e. The Balaban J connectivity index is 1.69. The van der Waals surface area contributed by atoms with Crippen LogP contribution in [0.3, 0.4) is 0 Å². The molecule has 2 aliphatic heterocycles. The standard InChI is InChI=1S/C21H32N2O3/c1-15(2)21(22-20(24)14-23-10-5-4-7-16(23)3)17-8-9-18-19(13-17)26-12-6-11-25-18/h8-9,13,15-16,21H,4-7,10-12,14H2,1-3H3,(H,22,24)/t16-,21+/m1/s1. The van der Waals surface area contributed by atoms with E-state index >= 15 is 0 Å². The van der Waals surface area contributed by atoms with Crippen molar-refractivity contribution in [2.75, 3.05) is 26.3 Å². The van der Waals surface area contributed by atoms with E-state index in [9.17, 15) is 4.79 Å². The number of nitrogens with zero attached hydrogens (tertiary/aromatic N) is 1. The minimum absolute atomic E-state index is 0.0280. The van der Waals surface area contributed by atoms with Crippen LogP contribution >= 0.6 is 0 Å². The second kappa shape index (κ2) is 8.76. The number of hydrogen-bond donors (Lipinski definition) is 1. The van der Waals surface area contributed by atoms with Crippen molar-refractivity contribution in [1.82, 2.24) is 10.2 Å². The molecule has 2 aliphatic rings. The summed E-state index contributed by atoms with van der Waals surface area (Å²) in [5.74, 6) is 1.97. The molecular weight excluding hydrogens is 328 g/mol. The largest absolute Gasteiger partial charge is 0.490 e. The highest BCUT2D eigenvalue weighted by molar-refractivity contribution is 5.78. The Labute approximate surface area is 157 Å². The topological polar surface area (TPSA) is 50.8 Å². The van der Waals surface area contributed by atoms with Crippen molar-refractivity contribution in [3.8, 4) is 11.5 Å². The quantitative estimate of drug-likeness (QED) is 0.873. The van der Waals surface area contributed by atoms with Crippen molar-refractivity contribution in [2.45, 2.75) is 58.5 Å². The number of benzene rings is 1. The van der Waals surface area contributed by atoms with E-state index in [1.807, 2.05) is 18.2 Å². The van der Waals surface area contributed by atoms with Crippen molar-refractivity contribution in [3.63, 3.8) is 0 Å². The lowest BCUT2D eigenvalue weighted by atomic mass is 9.95. The van der Waals surface area contributed by atoms with Crippen molar-refractivity contribution in [3.05, 3.63) is 23.8 Å². The molecule has 1 aromatic carbocycles. The Hall–Kier alpha value is -1.75. The third-order valence-electron chi connectivity index (χ3n) is 5.40. The van der Waals surface area contributed by atoms with Gasteiger partial charge in [-0.3, -0.25) is 9.69 Å². The van der Waals surface area contributed by atoms with Crippen LogP contribution in [-0.4, -0.2) is 43.2 Å². The predicted octanol–water partition coefficient (Wildman–Crippen LogP) is 3.54. The molecule has 0 spiro atoms. The first-order valence-electron chi connectivity index (χ1n) is 9.97. The van der Waals surface area contributed by atoms with Gasteiger partial charge in [0.05, 0.1) is 25.8 Å². The van der Waals surface area contributed by atoms with Gasteiger partial charge < -0.3 is 14.8 Å². The number of hydrogen-bond acceptors (Lipinski definition) is 4. The van der Waals surface area contributed by atoms with Gasteiger partial charge in [0.25, 0.3) is 0 Å². The summed E-state index contributed by atoms with van der Waals surface area (Å²) in [6.45, 7) is 9.35. The normalized spacial score (nSPS) is 21.9. The summed E-state index contributed by atoms with van der Waals surface area (Å²) in [7, 11) is 0. The molecule has 0 bridgehead atoms. The van der Waals surface area contributed by atoms with Crippen LogP contribution in [0.5, 0.6) is 11.5 Å². The lowest BCUT2D eigenvalue weighted by Crippen LogP contribution is -2.45. The van der Waals surface area contributed by atoms with E-state index in [1.165, 1.54) is 19.3 Å². The zero-order valence-electron chi connectivity index (χ0n) is 16.3. The van der Waals surface area contributed by atoms with Gasteiger partial charge in [-0.25, -0.2) is 0 Å². The third kappa shape index (κ3) is 4.70. The van der Waals surface area contributed by atoms with Crippen molar-refractivity contribution < 1.29 is 14.3 Å². The molecule has 0 aromatic heterocycles. The Kier molecular flexibility index (Phi) is 6.41. The van der Waals surface area contributed by atoms with Gasteiger partial charge in [0, 0.05) is 12.5 Å². The van der Waals surface area contributed by atoms with Crippen LogP contribution in [0.25, 0.3) is 0 Å². The fourth-order valence-corrected chi connectivity index (χ4v) is 3.80. The molecule has 1 saturated heterocycles. The van der Waals surface area contributed by atoms with E-state index < -0.39 is 0 Å². The first kappa shape index (κ1) is 19.0. The second-order valence-electron chi connectivity index (χ2n) is 7.86. The number of carbonyl (C=O) groups is 1. The molecule has 1 aromatic rings. The van der Waals surface area contributed by atoms with E-state index in [-0.39, 0.29) is 11.9 Å². The maximum Gasteiger partial charge on any atom is 0.234 e. The van der Waals surface area contributed by atoms with E-state index in [0.717, 1.165) is 30.0 Å². The molecular formula is C21H32N2O3. The number of ether oxygens (including phenoxy) is 2. The Bertz CT molecular complexity index is 617. The average Bonchev–Trinajstić information content (AvgIpc) is 2.86. The van der Waals surface area contributed by atoms with Crippen LogP contribution < -0.4 is 14.8 Å². The number of rotatable bonds is 5. The van der Waals surface area contributed by atoms with E-state index in [1.54, 1.807) is 0 Å². The van der Waals surface area contributed by atoms with Crippen molar-refractivity contribution >= 4 is 5.91 Å². The fraction of sp³-hybridized carbons (Fsp3) is 0.667. The van der Waals surface area contributed by atoms with Crippen LogP contribution in [-0.2, 0) is 4.79 Å². The van der Waals surface area contributed by atoms with Gasteiger partial charge in [0.1, 0.15) is 0 Å². The van der Waals surface area contributed by atoms with Crippen molar-refractivity contribution in [2.24, 2.45) is 5.92 Å². The maximum absolute atomic E-state index is 12.7. The molecule has 1 N–H and O–H groups in total. The summed E-state index contributed by atoms with van der Waals surface area (Å²) in [6, 6.07) is 6.49. The fourth-order valence-electron chi connectivity index (χ4n) is 3.80. The zero-order valence-corrected chi connectivity index (χ0v) is 16.3. The molecule has 3 rings (SSSR count). The Morgan fingerprint density at radius 3 is 2.69 bits per heavy atom. The Morgan fingerprint density at radius 1 is 1.19 bits per heavy atom. The highest BCUT2D eigenvalue weighted by atomic mass is 16.5. The number of likely N-dealkylation sites (tertiary alicyclic amines) is 1. The second-order valence-corrected chi connectivity index (χ2v) is 7.86. The molecule has 144 valence electrons. The highest BCUT2D eigenvalue weighted by Gasteiger charge is 2.24. The number of nitrogens with one attached hydrogen (secondary N) is 1. The van der Waals surface area contributed by atoms with Gasteiger partial charge in [-0.2, -0.15) is 0 Å². The van der Waals surface area contributed by atoms with Gasteiger partial charge >= 0.3 is 0 Å². The summed E-state index contributed by atoms with van der Waals surface area (Å²) in [4.78, 5) is 15.0. The first-order valence-corrected chi connectivity index (χ1v) is 9.97. The Morgan fingerprint density at radius 2 is 1.96 bits per heavy atom. The summed E-state index contributed by atoms with van der Waals surface area (Å²) < 4.78 is 11.5. The van der Waals surface area contributed by atoms with Gasteiger partial charge in [0.2, 0.25) is 5.91 Å². The molecule has 26 heavy (non-hydrogen) atoms. The summed E-state index contributed by atoms with van der Waals surface area (Å²) >= 11 is 0. The molecule has 0 aliphatic carbocycles. The van der Waals surface area contributed by atoms with Gasteiger partial charge in [-0.15, -0.1) is 0 Å². The number of piperidine rings is 1. The lowest BCUT2D eigenvalue weighted by Gasteiger charge is -2.33. The minimum Gasteiger partial charge on any atom is -0.490 e. The number of amides is 1. The van der Waals surface area contributed by atoms with Crippen LogP contribution in [0.2, 0.25) is 0 Å². The molecule has 5 nitrogen and oxygen atoms in total. The van der Waals surface area contributed by atoms with Crippen LogP contribution in [0.1, 0.15) is 58.1 Å². The molecule has 0 radical (unpaired) electrons. The van der Waals surface area contributed by atoms with E-state index in [0.29, 0.717) is 31.7 Å². The monoisotopic (exact) mass is 360 g/mol. The summed E-state index contributed by atoms with van der Waals surface area (Å²) in [5.41, 5.74) is 1.07. The minimum atomic E-state index is -0.0280. The third-order valence-corrected chi connectivity index (χ3v) is 5.40. The van der Waals surface area contributed by atoms with Gasteiger partial charge in [-0.1, -0.05) is 26.3 Å². The molecule has 5 heteroatoms. The molecule has 0 saturated carbocycles. The predicted molar refractivity (Wildman–Crippen MR) is 103 cm³/mol. The number of fused-ring (bicyclic) bond motifs is 1. The zero-order chi connectivity index (χ0) is 18.5. The summed E-state index contributed by atoms with van der Waals surface area (Å²) in [5, 5.41) is 3.25. The van der Waals surface area contributed by atoms with Crippen LogP contribution in [0, 0.1) is 5.92 Å². The summed E-state index contributed by atoms with van der Waals surface area (Å²) in [6.07, 6.45) is 4.53. The van der Waals surface area contributed by atoms with Crippen molar-refractivity contribution in [1.29, 1.82) is 0 Å². The average molecular weight is 360 g/mol. The van der Waals surface area contributed by atoms with E-state index in [2.05, 4.69) is 31.0 Å². The molecule has 0 unspecified atom stereocenters. The first-order chi connectivity index (χ1) is 12.5. The molecule has 2 heterocycles. The molecule has 1 amide bonds.